The second kappa shape index (κ2) is 13.2. The maximum atomic E-state index is 3.33. The zero-order valence-corrected chi connectivity index (χ0v) is 19.7. The Bertz CT molecular complexity index is 834. The average molecular weight is 413 g/mol. The Hall–Kier alpha value is -2.26. The molecule has 31 heavy (non-hydrogen) atoms. The van der Waals surface area contributed by atoms with Crippen molar-refractivity contribution >= 4 is 0 Å². The highest BCUT2D eigenvalue weighted by atomic mass is 14.2. The van der Waals surface area contributed by atoms with Gasteiger partial charge in [0.1, 0.15) is 0 Å². The molecule has 0 aliphatic heterocycles. The molecule has 1 aliphatic carbocycles. The number of benzene rings is 2. The van der Waals surface area contributed by atoms with E-state index in [2.05, 4.69) is 86.4 Å². The number of allylic oxidation sites excluding steroid dienone is 2. The van der Waals surface area contributed by atoms with Crippen molar-refractivity contribution in [2.75, 3.05) is 0 Å². The second-order valence-electron chi connectivity index (χ2n) is 9.43. The number of aryl methyl sites for hydroxylation is 2. The van der Waals surface area contributed by atoms with Crippen molar-refractivity contribution in [1.82, 2.24) is 0 Å². The highest BCUT2D eigenvalue weighted by molar-refractivity contribution is 5.44. The molecule has 2 aromatic carbocycles. The van der Waals surface area contributed by atoms with Gasteiger partial charge in [-0.3, -0.25) is 0 Å². The summed E-state index contributed by atoms with van der Waals surface area (Å²) in [4.78, 5) is 0. The van der Waals surface area contributed by atoms with Crippen LogP contribution in [-0.2, 0) is 12.8 Å². The summed E-state index contributed by atoms with van der Waals surface area (Å²) in [6.45, 7) is 4.59. The van der Waals surface area contributed by atoms with E-state index in [-0.39, 0.29) is 0 Å². The maximum Gasteiger partial charge on any atom is 0.0249 e. The molecule has 1 aliphatic rings. The molecule has 0 atom stereocenters. The van der Waals surface area contributed by atoms with Gasteiger partial charge in [-0.1, -0.05) is 87.8 Å². The van der Waals surface area contributed by atoms with Gasteiger partial charge in [0.05, 0.1) is 0 Å². The number of hydrogen-bond donors (Lipinski definition) is 0. The van der Waals surface area contributed by atoms with Crippen LogP contribution in [0, 0.1) is 23.7 Å². The van der Waals surface area contributed by atoms with Crippen LogP contribution >= 0.6 is 0 Å². The van der Waals surface area contributed by atoms with Crippen LogP contribution in [0.1, 0.15) is 93.9 Å². The van der Waals surface area contributed by atoms with Gasteiger partial charge in [-0.25, -0.2) is 0 Å². The lowest BCUT2D eigenvalue weighted by Gasteiger charge is -2.26. The minimum Gasteiger partial charge on any atom is -0.0888 e. The summed E-state index contributed by atoms with van der Waals surface area (Å²) in [7, 11) is 0. The summed E-state index contributed by atoms with van der Waals surface area (Å²) in [6.07, 6.45) is 18.9. The molecule has 0 saturated heterocycles. The van der Waals surface area contributed by atoms with Crippen LogP contribution < -0.4 is 0 Å². The van der Waals surface area contributed by atoms with Gasteiger partial charge in [0.2, 0.25) is 0 Å². The quantitative estimate of drug-likeness (QED) is 0.220. The molecule has 2 aromatic rings. The van der Waals surface area contributed by atoms with E-state index < -0.39 is 0 Å². The monoisotopic (exact) mass is 412 g/mol. The van der Waals surface area contributed by atoms with Crippen LogP contribution in [0.2, 0.25) is 0 Å². The molecule has 0 spiro atoms. The van der Waals surface area contributed by atoms with Crippen LogP contribution in [0.4, 0.5) is 0 Å². The van der Waals surface area contributed by atoms with E-state index in [1.165, 1.54) is 68.9 Å². The summed E-state index contributed by atoms with van der Waals surface area (Å²) in [5.41, 5.74) is 5.09. The highest BCUT2D eigenvalue weighted by Gasteiger charge is 2.17. The normalized spacial score (nSPS) is 18.6. The van der Waals surface area contributed by atoms with E-state index in [0.717, 1.165) is 35.8 Å². The highest BCUT2D eigenvalue weighted by Crippen LogP contribution is 2.31. The third-order valence-electron chi connectivity index (χ3n) is 6.72. The Balaban J connectivity index is 1.42. The van der Waals surface area contributed by atoms with Crippen molar-refractivity contribution in [2.45, 2.75) is 84.5 Å². The topological polar surface area (TPSA) is 0 Å². The van der Waals surface area contributed by atoms with Gasteiger partial charge in [0, 0.05) is 11.1 Å². The van der Waals surface area contributed by atoms with Crippen molar-refractivity contribution in [3.8, 4) is 11.8 Å². The van der Waals surface area contributed by atoms with Crippen molar-refractivity contribution < 1.29 is 0 Å². The molecule has 0 bridgehead atoms. The summed E-state index contributed by atoms with van der Waals surface area (Å²) >= 11 is 0. The SMILES string of the molecule is CC/C=C/CCCCc1ccc(C#Cc2ccc(CCC3CCC(C)CC3)cc2)cc1. The zero-order valence-electron chi connectivity index (χ0n) is 19.7. The van der Waals surface area contributed by atoms with Crippen LogP contribution in [0.15, 0.2) is 60.7 Å². The number of rotatable bonds is 9. The first-order valence-corrected chi connectivity index (χ1v) is 12.6. The Kier molecular flexibility index (Phi) is 9.98. The van der Waals surface area contributed by atoms with Gasteiger partial charge in [-0.15, -0.1) is 0 Å². The van der Waals surface area contributed by atoms with Gasteiger partial charge in [0.15, 0.2) is 0 Å². The molecule has 0 aromatic heterocycles. The molecule has 164 valence electrons. The molecule has 0 amide bonds. The average Bonchev–Trinajstić information content (AvgIpc) is 2.81. The lowest BCUT2D eigenvalue weighted by molar-refractivity contribution is 0.278. The van der Waals surface area contributed by atoms with E-state index in [1.807, 2.05) is 0 Å². The summed E-state index contributed by atoms with van der Waals surface area (Å²) in [5, 5.41) is 0. The summed E-state index contributed by atoms with van der Waals surface area (Å²) in [5.74, 6) is 8.55. The lowest BCUT2D eigenvalue weighted by atomic mass is 9.80. The molecule has 1 saturated carbocycles. The second-order valence-corrected chi connectivity index (χ2v) is 9.43. The van der Waals surface area contributed by atoms with Gasteiger partial charge in [-0.05, 0) is 92.2 Å². The fraction of sp³-hybridized carbons (Fsp3) is 0.484. The summed E-state index contributed by atoms with van der Waals surface area (Å²) in [6, 6.07) is 17.7. The molecule has 0 radical (unpaired) electrons. The molecular weight excluding hydrogens is 372 g/mol. The van der Waals surface area contributed by atoms with Gasteiger partial charge < -0.3 is 0 Å². The summed E-state index contributed by atoms with van der Waals surface area (Å²) < 4.78 is 0. The fourth-order valence-corrected chi connectivity index (χ4v) is 4.52. The van der Waals surface area contributed by atoms with Crippen LogP contribution in [0.25, 0.3) is 0 Å². The van der Waals surface area contributed by atoms with E-state index in [0.29, 0.717) is 0 Å². The van der Waals surface area contributed by atoms with Crippen LogP contribution in [0.5, 0.6) is 0 Å². The van der Waals surface area contributed by atoms with E-state index in [9.17, 15) is 0 Å². The van der Waals surface area contributed by atoms with Crippen molar-refractivity contribution in [1.29, 1.82) is 0 Å². The standard InChI is InChI=1S/C31H40/c1-3-4-5-6-7-8-9-27-14-16-29(17-15-27)20-21-31-24-22-30(23-25-31)19-18-28-12-10-26(2)11-13-28/h4-5,14-17,22-26,28H,3,6-13,18-19H2,1-2H3/b5-4+. The Morgan fingerprint density at radius 1 is 0.742 bits per heavy atom. The number of unbranched alkanes of at least 4 members (excludes halogenated alkanes) is 2. The molecule has 0 nitrogen and oxygen atoms in total. The van der Waals surface area contributed by atoms with Crippen molar-refractivity contribution in [3.05, 3.63) is 82.9 Å². The number of hydrogen-bond acceptors (Lipinski definition) is 0. The third kappa shape index (κ3) is 8.78. The molecule has 3 rings (SSSR count). The lowest BCUT2D eigenvalue weighted by Crippen LogP contribution is -2.12. The molecule has 0 N–H and O–H groups in total. The maximum absolute atomic E-state index is 3.33. The minimum atomic E-state index is 0.941. The Labute approximate surface area is 191 Å². The van der Waals surface area contributed by atoms with Gasteiger partial charge in [-0.2, -0.15) is 0 Å². The van der Waals surface area contributed by atoms with E-state index in [4.69, 9.17) is 0 Å². The van der Waals surface area contributed by atoms with Crippen molar-refractivity contribution in [3.63, 3.8) is 0 Å². The first-order chi connectivity index (χ1) is 15.2. The molecule has 0 heterocycles. The van der Waals surface area contributed by atoms with Crippen molar-refractivity contribution in [2.24, 2.45) is 11.8 Å². The predicted molar refractivity (Wildman–Crippen MR) is 135 cm³/mol. The van der Waals surface area contributed by atoms with Gasteiger partial charge >= 0.3 is 0 Å². The molecule has 0 heteroatoms. The molecular formula is C31H40. The minimum absolute atomic E-state index is 0.941. The third-order valence-corrected chi connectivity index (χ3v) is 6.72. The Morgan fingerprint density at radius 2 is 1.32 bits per heavy atom. The van der Waals surface area contributed by atoms with Crippen LogP contribution in [-0.4, -0.2) is 0 Å². The zero-order chi connectivity index (χ0) is 21.7. The fourth-order valence-electron chi connectivity index (χ4n) is 4.52. The largest absolute Gasteiger partial charge is 0.0888 e. The van der Waals surface area contributed by atoms with Gasteiger partial charge in [0.25, 0.3) is 0 Å². The predicted octanol–water partition coefficient (Wildman–Crippen LogP) is 8.52. The molecule has 1 fully saturated rings. The smallest absolute Gasteiger partial charge is 0.0249 e. The van der Waals surface area contributed by atoms with E-state index >= 15 is 0 Å². The first kappa shape index (κ1) is 23.4. The first-order valence-electron chi connectivity index (χ1n) is 12.6. The van der Waals surface area contributed by atoms with E-state index in [1.54, 1.807) is 0 Å². The van der Waals surface area contributed by atoms with Crippen LogP contribution in [0.3, 0.4) is 0 Å². The molecule has 0 unspecified atom stereocenters. The Morgan fingerprint density at radius 3 is 1.90 bits per heavy atom.